The molecule has 0 aliphatic heterocycles. The number of nitrogens with one attached hydrogen (secondary N) is 1. The number of nitrogens with zero attached hydrogens (tertiary/aromatic N) is 1. The lowest BCUT2D eigenvalue weighted by molar-refractivity contribution is 0.0644. The first-order chi connectivity index (χ1) is 10.5. The van der Waals surface area contributed by atoms with Gasteiger partial charge in [-0.05, 0) is 76.1 Å². The third kappa shape index (κ3) is 3.50. The highest BCUT2D eigenvalue weighted by Crippen LogP contribution is 2.37. The van der Waals surface area contributed by atoms with Gasteiger partial charge >= 0.3 is 0 Å². The van der Waals surface area contributed by atoms with Crippen molar-refractivity contribution in [2.45, 2.75) is 70.1 Å². The first-order valence-corrected chi connectivity index (χ1v) is 9.13. The van der Waals surface area contributed by atoms with E-state index in [2.05, 4.69) is 43.2 Å². The van der Waals surface area contributed by atoms with Gasteiger partial charge in [-0.3, -0.25) is 10.2 Å². The monoisotopic (exact) mass is 320 g/mol. The molecule has 1 atom stereocenters. The third-order valence-electron chi connectivity index (χ3n) is 5.71. The van der Waals surface area contributed by atoms with Gasteiger partial charge in [-0.2, -0.15) is 0 Å². The highest BCUT2D eigenvalue weighted by Gasteiger charge is 2.41. The zero-order chi connectivity index (χ0) is 15.7. The van der Waals surface area contributed by atoms with Crippen LogP contribution in [0.1, 0.15) is 57.9 Å². The molecule has 3 heteroatoms. The Morgan fingerprint density at radius 3 is 2.18 bits per heavy atom. The van der Waals surface area contributed by atoms with Crippen LogP contribution in [0.3, 0.4) is 0 Å². The molecular weight excluding hydrogens is 292 g/mol. The largest absolute Gasteiger partial charge is 0.293 e. The third-order valence-corrected chi connectivity index (χ3v) is 5.96. The molecule has 1 N–H and O–H groups in total. The van der Waals surface area contributed by atoms with Crippen molar-refractivity contribution >= 4 is 11.6 Å². The van der Waals surface area contributed by atoms with Gasteiger partial charge in [0.15, 0.2) is 0 Å². The topological polar surface area (TPSA) is 15.3 Å². The molecule has 0 saturated heterocycles. The van der Waals surface area contributed by atoms with Crippen LogP contribution < -0.4 is 5.32 Å². The van der Waals surface area contributed by atoms with Crippen molar-refractivity contribution in [3.8, 4) is 0 Å². The zero-order valence-corrected chi connectivity index (χ0v) is 14.9. The van der Waals surface area contributed by atoms with Gasteiger partial charge in [0.25, 0.3) is 0 Å². The number of rotatable bonds is 5. The van der Waals surface area contributed by atoms with Gasteiger partial charge in [0, 0.05) is 17.1 Å². The summed E-state index contributed by atoms with van der Waals surface area (Å²) in [4.78, 5) is 2.54. The predicted octanol–water partition coefficient (Wildman–Crippen LogP) is 4.78. The molecule has 1 unspecified atom stereocenters. The summed E-state index contributed by atoms with van der Waals surface area (Å²) in [7, 11) is 2.27. The lowest BCUT2D eigenvalue weighted by atomic mass is 9.86. The van der Waals surface area contributed by atoms with Crippen molar-refractivity contribution in [2.75, 3.05) is 7.05 Å². The van der Waals surface area contributed by atoms with Crippen LogP contribution in [0.15, 0.2) is 24.3 Å². The summed E-state index contributed by atoms with van der Waals surface area (Å²) in [5.41, 5.74) is 1.22. The number of halogens is 1. The van der Waals surface area contributed by atoms with Crippen LogP contribution in [0.4, 0.5) is 0 Å². The molecule has 0 radical (unpaired) electrons. The van der Waals surface area contributed by atoms with E-state index >= 15 is 0 Å². The Balaban J connectivity index is 1.81. The van der Waals surface area contributed by atoms with Crippen LogP contribution >= 0.6 is 11.6 Å². The van der Waals surface area contributed by atoms with E-state index in [-0.39, 0.29) is 5.66 Å². The van der Waals surface area contributed by atoms with E-state index in [1.165, 1.54) is 44.1 Å². The minimum atomic E-state index is -0.100. The SMILES string of the molecule is CC1CCC(NC(C)(c2ccc(Cl)cc2)N(C)C2CC2)CC1. The summed E-state index contributed by atoms with van der Waals surface area (Å²) < 4.78 is 0. The minimum absolute atomic E-state index is 0.100. The highest BCUT2D eigenvalue weighted by molar-refractivity contribution is 6.30. The minimum Gasteiger partial charge on any atom is -0.293 e. The Kier molecular flexibility index (Phi) is 4.82. The first-order valence-electron chi connectivity index (χ1n) is 8.75. The van der Waals surface area contributed by atoms with Crippen molar-refractivity contribution in [2.24, 2.45) is 5.92 Å². The molecule has 122 valence electrons. The Hall–Kier alpha value is -0.570. The van der Waals surface area contributed by atoms with Crippen LogP contribution in [0, 0.1) is 5.92 Å². The second-order valence-electron chi connectivity index (χ2n) is 7.52. The predicted molar refractivity (Wildman–Crippen MR) is 94.1 cm³/mol. The molecule has 0 amide bonds. The molecule has 1 aromatic carbocycles. The van der Waals surface area contributed by atoms with Gasteiger partial charge in [0.05, 0.1) is 5.66 Å². The van der Waals surface area contributed by atoms with E-state index in [9.17, 15) is 0 Å². The molecule has 2 aliphatic carbocycles. The van der Waals surface area contributed by atoms with Crippen LogP contribution in [0.2, 0.25) is 5.02 Å². The zero-order valence-electron chi connectivity index (χ0n) is 14.1. The fraction of sp³-hybridized carbons (Fsp3) is 0.684. The molecule has 2 nitrogen and oxygen atoms in total. The fourth-order valence-corrected chi connectivity index (χ4v) is 3.92. The second kappa shape index (κ2) is 6.51. The Morgan fingerprint density at radius 1 is 1.05 bits per heavy atom. The molecule has 22 heavy (non-hydrogen) atoms. The molecule has 1 aromatic rings. The quantitative estimate of drug-likeness (QED) is 0.786. The van der Waals surface area contributed by atoms with Gasteiger partial charge in [-0.15, -0.1) is 0 Å². The molecular formula is C19H29ClN2. The lowest BCUT2D eigenvalue weighted by Gasteiger charge is -2.44. The molecule has 0 spiro atoms. The lowest BCUT2D eigenvalue weighted by Crippen LogP contribution is -2.57. The van der Waals surface area contributed by atoms with Crippen molar-refractivity contribution in [1.29, 1.82) is 0 Å². The summed E-state index contributed by atoms with van der Waals surface area (Å²) in [6.45, 7) is 4.72. The molecule has 2 saturated carbocycles. The maximum Gasteiger partial charge on any atom is 0.0948 e. The van der Waals surface area contributed by atoms with E-state index in [1.54, 1.807) is 0 Å². The number of hydrogen-bond donors (Lipinski definition) is 1. The molecule has 2 aliphatic rings. The van der Waals surface area contributed by atoms with Crippen molar-refractivity contribution < 1.29 is 0 Å². The van der Waals surface area contributed by atoms with Gasteiger partial charge < -0.3 is 0 Å². The van der Waals surface area contributed by atoms with Gasteiger partial charge in [0.1, 0.15) is 0 Å². The Bertz CT molecular complexity index is 489. The van der Waals surface area contributed by atoms with Crippen LogP contribution in [-0.4, -0.2) is 24.0 Å². The smallest absolute Gasteiger partial charge is 0.0948 e. The molecule has 0 heterocycles. The average molecular weight is 321 g/mol. The first kappa shape index (κ1) is 16.3. The Labute approximate surface area is 140 Å². The highest BCUT2D eigenvalue weighted by atomic mass is 35.5. The van der Waals surface area contributed by atoms with Gasteiger partial charge in [-0.25, -0.2) is 0 Å². The van der Waals surface area contributed by atoms with E-state index in [0.29, 0.717) is 6.04 Å². The van der Waals surface area contributed by atoms with Crippen LogP contribution in [-0.2, 0) is 5.66 Å². The normalized spacial score (nSPS) is 28.6. The molecule has 0 bridgehead atoms. The summed E-state index contributed by atoms with van der Waals surface area (Å²) in [5, 5.41) is 4.80. The van der Waals surface area contributed by atoms with Crippen molar-refractivity contribution in [3.05, 3.63) is 34.9 Å². The maximum atomic E-state index is 6.09. The van der Waals surface area contributed by atoms with Crippen molar-refractivity contribution in [1.82, 2.24) is 10.2 Å². The van der Waals surface area contributed by atoms with Gasteiger partial charge in [0.2, 0.25) is 0 Å². The number of benzene rings is 1. The van der Waals surface area contributed by atoms with E-state index < -0.39 is 0 Å². The standard InChI is InChI=1S/C19H29ClN2/c1-14-4-10-17(11-5-14)21-19(2,22(3)18-12-13-18)15-6-8-16(20)9-7-15/h6-9,14,17-18,21H,4-5,10-13H2,1-3H3. The molecule has 2 fully saturated rings. The van der Waals surface area contributed by atoms with E-state index in [0.717, 1.165) is 17.0 Å². The summed E-state index contributed by atoms with van der Waals surface area (Å²) >= 11 is 6.09. The van der Waals surface area contributed by atoms with Crippen LogP contribution in [0.5, 0.6) is 0 Å². The maximum absolute atomic E-state index is 6.09. The van der Waals surface area contributed by atoms with Gasteiger partial charge in [-0.1, -0.05) is 30.7 Å². The fourth-order valence-electron chi connectivity index (χ4n) is 3.79. The molecule has 0 aromatic heterocycles. The number of hydrogen-bond acceptors (Lipinski definition) is 2. The average Bonchev–Trinajstić information content (AvgIpc) is 3.34. The van der Waals surface area contributed by atoms with Crippen molar-refractivity contribution in [3.63, 3.8) is 0 Å². The second-order valence-corrected chi connectivity index (χ2v) is 7.96. The Morgan fingerprint density at radius 2 is 1.64 bits per heavy atom. The summed E-state index contributed by atoms with van der Waals surface area (Å²) in [6, 6.07) is 9.73. The molecule has 3 rings (SSSR count). The summed E-state index contributed by atoms with van der Waals surface area (Å²) in [5.74, 6) is 0.890. The van der Waals surface area contributed by atoms with E-state index in [1.807, 2.05) is 12.1 Å². The van der Waals surface area contributed by atoms with Crippen LogP contribution in [0.25, 0.3) is 0 Å². The van der Waals surface area contributed by atoms with E-state index in [4.69, 9.17) is 11.6 Å². The summed E-state index contributed by atoms with van der Waals surface area (Å²) in [6.07, 6.45) is 7.93.